The van der Waals surface area contributed by atoms with E-state index in [1.807, 2.05) is 0 Å². The highest BCUT2D eigenvalue weighted by Crippen LogP contribution is 2.31. The van der Waals surface area contributed by atoms with Crippen LogP contribution in [0.2, 0.25) is 0 Å². The van der Waals surface area contributed by atoms with Crippen LogP contribution in [-0.4, -0.2) is 4.92 Å². The summed E-state index contributed by atoms with van der Waals surface area (Å²) in [5.41, 5.74) is 0.890. The van der Waals surface area contributed by atoms with Crippen molar-refractivity contribution in [3.05, 3.63) is 52.3 Å². The minimum atomic E-state index is -0.470. The lowest BCUT2D eigenvalue weighted by Crippen LogP contribution is -1.86. The van der Waals surface area contributed by atoms with E-state index in [4.69, 9.17) is 4.42 Å². The van der Waals surface area contributed by atoms with Gasteiger partial charge in [-0.2, -0.15) is 0 Å². The predicted molar refractivity (Wildman–Crippen MR) is 60.3 cm³/mol. The molecule has 0 saturated carbocycles. The minimum absolute atomic E-state index is 0.00970. The molecule has 0 N–H and O–H groups in total. The molecule has 4 nitrogen and oxygen atoms in total. The van der Waals surface area contributed by atoms with Crippen molar-refractivity contribution in [2.45, 2.75) is 0 Å². The summed E-state index contributed by atoms with van der Waals surface area (Å²) < 4.78 is 18.4. The lowest BCUT2D eigenvalue weighted by Gasteiger charge is -1.91. The van der Waals surface area contributed by atoms with Crippen molar-refractivity contribution in [1.82, 2.24) is 0 Å². The Labute approximate surface area is 94.4 Å². The summed E-state index contributed by atoms with van der Waals surface area (Å²) in [5, 5.41) is 12.0. The number of fused-ring (bicyclic) bond motifs is 3. The highest BCUT2D eigenvalue weighted by atomic mass is 19.1. The van der Waals surface area contributed by atoms with Crippen molar-refractivity contribution in [3.63, 3.8) is 0 Å². The standard InChI is InChI=1S/C12H6FNO3/c13-7-1-3-9-10-6-8(14(15)16)2-4-11(10)17-12(9)5-7/h1-6H. The first-order valence-electron chi connectivity index (χ1n) is 4.91. The third kappa shape index (κ3) is 1.44. The predicted octanol–water partition coefficient (Wildman–Crippen LogP) is 3.63. The minimum Gasteiger partial charge on any atom is -0.456 e. The first-order valence-corrected chi connectivity index (χ1v) is 4.91. The molecule has 0 radical (unpaired) electrons. The highest BCUT2D eigenvalue weighted by Gasteiger charge is 2.12. The number of hydrogen-bond acceptors (Lipinski definition) is 3. The molecule has 0 aliphatic carbocycles. The van der Waals surface area contributed by atoms with E-state index in [2.05, 4.69) is 0 Å². The van der Waals surface area contributed by atoms with E-state index in [9.17, 15) is 14.5 Å². The molecular weight excluding hydrogens is 225 g/mol. The number of halogens is 1. The average Bonchev–Trinajstić information content (AvgIpc) is 2.64. The molecule has 1 heterocycles. The molecule has 0 spiro atoms. The van der Waals surface area contributed by atoms with Gasteiger partial charge in [0.05, 0.1) is 4.92 Å². The quantitative estimate of drug-likeness (QED) is 0.474. The first kappa shape index (κ1) is 9.77. The summed E-state index contributed by atoms with van der Waals surface area (Å²) in [6, 6.07) is 8.43. The lowest BCUT2D eigenvalue weighted by atomic mass is 10.1. The van der Waals surface area contributed by atoms with Crippen LogP contribution in [0.1, 0.15) is 0 Å². The SMILES string of the molecule is O=[N+]([O-])c1ccc2oc3cc(F)ccc3c2c1. The van der Waals surface area contributed by atoms with Gasteiger partial charge in [0, 0.05) is 29.0 Å². The van der Waals surface area contributed by atoms with Gasteiger partial charge in [-0.1, -0.05) is 0 Å². The summed E-state index contributed by atoms with van der Waals surface area (Å²) >= 11 is 0. The third-order valence-corrected chi connectivity index (χ3v) is 2.63. The van der Waals surface area contributed by atoms with E-state index in [1.165, 1.54) is 30.3 Å². The molecule has 0 saturated heterocycles. The van der Waals surface area contributed by atoms with Crippen molar-refractivity contribution in [1.29, 1.82) is 0 Å². The fourth-order valence-corrected chi connectivity index (χ4v) is 1.85. The first-order chi connectivity index (χ1) is 8.15. The molecule has 84 valence electrons. The Morgan fingerprint density at radius 2 is 1.88 bits per heavy atom. The molecule has 17 heavy (non-hydrogen) atoms. The fraction of sp³-hybridized carbons (Fsp3) is 0. The molecule has 0 amide bonds. The van der Waals surface area contributed by atoms with E-state index in [-0.39, 0.29) is 5.69 Å². The molecule has 3 aromatic rings. The largest absolute Gasteiger partial charge is 0.456 e. The molecule has 5 heteroatoms. The maximum absolute atomic E-state index is 13.0. The van der Waals surface area contributed by atoms with E-state index in [0.29, 0.717) is 21.9 Å². The van der Waals surface area contributed by atoms with Gasteiger partial charge in [-0.3, -0.25) is 10.1 Å². The van der Waals surface area contributed by atoms with Gasteiger partial charge in [0.25, 0.3) is 5.69 Å². The number of rotatable bonds is 1. The Bertz CT molecular complexity index is 748. The Balaban J connectivity index is 2.41. The van der Waals surface area contributed by atoms with Crippen LogP contribution in [0.25, 0.3) is 21.9 Å². The van der Waals surface area contributed by atoms with Gasteiger partial charge >= 0.3 is 0 Å². The molecule has 2 aromatic carbocycles. The second kappa shape index (κ2) is 3.28. The van der Waals surface area contributed by atoms with Crippen molar-refractivity contribution >= 4 is 27.6 Å². The van der Waals surface area contributed by atoms with Gasteiger partial charge < -0.3 is 4.42 Å². The van der Waals surface area contributed by atoms with Crippen LogP contribution in [0.4, 0.5) is 10.1 Å². The van der Waals surface area contributed by atoms with Crippen molar-refractivity contribution < 1.29 is 13.7 Å². The monoisotopic (exact) mass is 231 g/mol. The van der Waals surface area contributed by atoms with Crippen molar-refractivity contribution in [2.75, 3.05) is 0 Å². The topological polar surface area (TPSA) is 56.3 Å². The fourth-order valence-electron chi connectivity index (χ4n) is 1.85. The maximum atomic E-state index is 13.0. The van der Waals surface area contributed by atoms with Gasteiger partial charge in [-0.15, -0.1) is 0 Å². The molecule has 0 aliphatic heterocycles. The van der Waals surface area contributed by atoms with Crippen molar-refractivity contribution in [2.24, 2.45) is 0 Å². The van der Waals surface area contributed by atoms with Gasteiger partial charge in [0.2, 0.25) is 0 Å². The van der Waals surface area contributed by atoms with Crippen LogP contribution < -0.4 is 0 Å². The van der Waals surface area contributed by atoms with Gasteiger partial charge in [0.1, 0.15) is 17.0 Å². The second-order valence-corrected chi connectivity index (χ2v) is 3.68. The number of hydrogen-bond donors (Lipinski definition) is 0. The zero-order valence-electron chi connectivity index (χ0n) is 8.51. The van der Waals surface area contributed by atoms with E-state index < -0.39 is 10.7 Å². The molecule has 0 fully saturated rings. The molecule has 0 bridgehead atoms. The number of nitro groups is 1. The van der Waals surface area contributed by atoms with E-state index in [1.54, 1.807) is 6.07 Å². The summed E-state index contributed by atoms with van der Waals surface area (Å²) in [5.74, 6) is -0.397. The van der Waals surface area contributed by atoms with Gasteiger partial charge in [0.15, 0.2) is 0 Å². The Morgan fingerprint density at radius 3 is 2.65 bits per heavy atom. The zero-order valence-corrected chi connectivity index (χ0v) is 8.51. The van der Waals surface area contributed by atoms with E-state index >= 15 is 0 Å². The van der Waals surface area contributed by atoms with Crippen LogP contribution >= 0.6 is 0 Å². The molecule has 1 aromatic heterocycles. The van der Waals surface area contributed by atoms with Crippen LogP contribution in [-0.2, 0) is 0 Å². The van der Waals surface area contributed by atoms with Crippen LogP contribution in [0.15, 0.2) is 40.8 Å². The number of furan rings is 1. The summed E-state index contributed by atoms with van der Waals surface area (Å²) in [7, 11) is 0. The number of nitro benzene ring substituents is 1. The van der Waals surface area contributed by atoms with Gasteiger partial charge in [-0.05, 0) is 18.2 Å². The number of nitrogens with zero attached hydrogens (tertiary/aromatic N) is 1. The zero-order chi connectivity index (χ0) is 12.0. The Hall–Kier alpha value is -2.43. The molecular formula is C12H6FNO3. The highest BCUT2D eigenvalue weighted by molar-refractivity contribution is 6.05. The third-order valence-electron chi connectivity index (χ3n) is 2.63. The van der Waals surface area contributed by atoms with Crippen LogP contribution in [0, 0.1) is 15.9 Å². The molecule has 0 aliphatic rings. The normalized spacial score (nSPS) is 11.1. The molecule has 0 unspecified atom stereocenters. The lowest BCUT2D eigenvalue weighted by molar-refractivity contribution is -0.384. The Morgan fingerprint density at radius 1 is 1.06 bits per heavy atom. The summed E-state index contributed by atoms with van der Waals surface area (Å²) in [6.07, 6.45) is 0. The second-order valence-electron chi connectivity index (χ2n) is 3.68. The molecule has 3 rings (SSSR count). The summed E-state index contributed by atoms with van der Waals surface area (Å²) in [6.45, 7) is 0. The average molecular weight is 231 g/mol. The summed E-state index contributed by atoms with van der Waals surface area (Å²) in [4.78, 5) is 10.2. The smallest absolute Gasteiger partial charge is 0.270 e. The van der Waals surface area contributed by atoms with Crippen molar-refractivity contribution in [3.8, 4) is 0 Å². The molecule has 0 atom stereocenters. The Kier molecular flexibility index (Phi) is 1.89. The maximum Gasteiger partial charge on any atom is 0.270 e. The number of benzene rings is 2. The van der Waals surface area contributed by atoms with Crippen LogP contribution in [0.3, 0.4) is 0 Å². The van der Waals surface area contributed by atoms with Crippen LogP contribution in [0.5, 0.6) is 0 Å². The van der Waals surface area contributed by atoms with E-state index in [0.717, 1.165) is 0 Å². The number of non-ortho nitro benzene ring substituents is 1. The van der Waals surface area contributed by atoms with Gasteiger partial charge in [-0.25, -0.2) is 4.39 Å².